The summed E-state index contributed by atoms with van der Waals surface area (Å²) < 4.78 is 0. The number of nitrogens with one attached hydrogen (secondary N) is 1. The summed E-state index contributed by atoms with van der Waals surface area (Å²) in [4.78, 5) is 17.0. The molecule has 1 N–H and O–H groups in total. The summed E-state index contributed by atoms with van der Waals surface area (Å²) in [6.45, 7) is 5.56. The van der Waals surface area contributed by atoms with Crippen LogP contribution in [0.4, 0.5) is 5.69 Å². The van der Waals surface area contributed by atoms with Gasteiger partial charge < -0.3 is 5.32 Å². The molecule has 0 radical (unpaired) electrons. The highest BCUT2D eigenvalue weighted by Crippen LogP contribution is 2.29. The zero-order valence-corrected chi connectivity index (χ0v) is 16.7. The van der Waals surface area contributed by atoms with Crippen molar-refractivity contribution in [1.29, 1.82) is 5.26 Å². The Morgan fingerprint density at radius 3 is 2.64 bits per heavy atom. The molecule has 5 heteroatoms. The second kappa shape index (κ2) is 7.84. The molecular formula is C23H20ClN3O. The van der Waals surface area contributed by atoms with Crippen molar-refractivity contribution in [2.45, 2.75) is 26.2 Å². The van der Waals surface area contributed by atoms with Crippen molar-refractivity contribution in [3.63, 3.8) is 0 Å². The lowest BCUT2D eigenvalue weighted by molar-refractivity contribution is 0.102. The molecule has 2 aromatic carbocycles. The summed E-state index contributed by atoms with van der Waals surface area (Å²) in [5.74, 6) is -0.252. The molecule has 3 aromatic rings. The monoisotopic (exact) mass is 389 g/mol. The van der Waals surface area contributed by atoms with Gasteiger partial charge in [-0.25, -0.2) is 0 Å². The molecule has 1 amide bonds. The second-order valence-corrected chi connectivity index (χ2v) is 7.60. The number of halogens is 1. The number of nitriles is 1. The molecule has 0 fully saturated rings. The van der Waals surface area contributed by atoms with Gasteiger partial charge in [-0.3, -0.25) is 9.78 Å². The van der Waals surface area contributed by atoms with E-state index in [-0.39, 0.29) is 5.91 Å². The first-order valence-electron chi connectivity index (χ1n) is 8.86. The lowest BCUT2D eigenvalue weighted by atomic mass is 9.90. The van der Waals surface area contributed by atoms with Crippen LogP contribution in [0.2, 0.25) is 5.02 Å². The number of hydrogen-bond donors (Lipinski definition) is 1. The minimum atomic E-state index is -0.764. The van der Waals surface area contributed by atoms with Crippen LogP contribution in [0, 0.1) is 18.3 Å². The van der Waals surface area contributed by atoms with E-state index < -0.39 is 5.41 Å². The van der Waals surface area contributed by atoms with Gasteiger partial charge in [0.05, 0.1) is 17.2 Å². The molecule has 1 heterocycles. The molecule has 0 atom stereocenters. The van der Waals surface area contributed by atoms with Crippen LogP contribution in [0.3, 0.4) is 0 Å². The van der Waals surface area contributed by atoms with Crippen LogP contribution in [0.5, 0.6) is 0 Å². The Bertz CT molecular complexity index is 1080. The van der Waals surface area contributed by atoms with E-state index in [1.165, 1.54) is 0 Å². The molecular weight excluding hydrogens is 370 g/mol. The Labute approximate surface area is 169 Å². The molecule has 0 aliphatic rings. The summed E-state index contributed by atoms with van der Waals surface area (Å²) in [5, 5.41) is 12.9. The van der Waals surface area contributed by atoms with E-state index in [9.17, 15) is 10.1 Å². The highest BCUT2D eigenvalue weighted by molar-refractivity contribution is 6.30. The van der Waals surface area contributed by atoms with Crippen molar-refractivity contribution >= 4 is 23.2 Å². The van der Waals surface area contributed by atoms with E-state index >= 15 is 0 Å². The highest BCUT2D eigenvalue weighted by Gasteiger charge is 2.22. The summed E-state index contributed by atoms with van der Waals surface area (Å²) in [7, 11) is 0. The Hall–Kier alpha value is -3.16. The minimum Gasteiger partial charge on any atom is -0.322 e. The van der Waals surface area contributed by atoms with Crippen LogP contribution in [0.15, 0.2) is 60.8 Å². The maximum absolute atomic E-state index is 12.7. The average molecular weight is 390 g/mol. The van der Waals surface area contributed by atoms with Crippen LogP contribution in [-0.4, -0.2) is 10.9 Å². The topological polar surface area (TPSA) is 65.8 Å². The molecule has 140 valence electrons. The first kappa shape index (κ1) is 19.6. The largest absolute Gasteiger partial charge is 0.322 e. The normalized spacial score (nSPS) is 11.0. The number of aromatic nitrogens is 1. The fourth-order valence-corrected chi connectivity index (χ4v) is 3.03. The molecule has 28 heavy (non-hydrogen) atoms. The SMILES string of the molecule is Cc1ccc(NC(=O)c2ccnc(C(C)(C)C#N)c2)cc1-c1cccc(Cl)c1. The molecule has 0 saturated heterocycles. The number of carbonyl (C=O) groups excluding carboxylic acids is 1. The van der Waals surface area contributed by atoms with Gasteiger partial charge in [0.15, 0.2) is 0 Å². The fraction of sp³-hybridized carbons (Fsp3) is 0.174. The molecule has 0 spiro atoms. The number of aryl methyl sites for hydroxylation is 1. The third kappa shape index (κ3) is 4.21. The number of benzene rings is 2. The van der Waals surface area contributed by atoms with Gasteiger partial charge >= 0.3 is 0 Å². The molecule has 3 rings (SSSR count). The summed E-state index contributed by atoms with van der Waals surface area (Å²) in [5.41, 5.74) is 4.01. The second-order valence-electron chi connectivity index (χ2n) is 7.16. The number of rotatable bonds is 4. The van der Waals surface area contributed by atoms with Gasteiger partial charge in [0.25, 0.3) is 5.91 Å². The minimum absolute atomic E-state index is 0.252. The molecule has 0 aliphatic carbocycles. The van der Waals surface area contributed by atoms with Gasteiger partial charge in [-0.05, 0) is 73.9 Å². The predicted octanol–water partition coefficient (Wildman–Crippen LogP) is 5.76. The zero-order valence-electron chi connectivity index (χ0n) is 16.0. The predicted molar refractivity (Wildman–Crippen MR) is 112 cm³/mol. The Morgan fingerprint density at radius 2 is 1.93 bits per heavy atom. The third-order valence-corrected chi connectivity index (χ3v) is 4.81. The quantitative estimate of drug-likeness (QED) is 0.616. The maximum atomic E-state index is 12.7. The van der Waals surface area contributed by atoms with Crippen LogP contribution in [-0.2, 0) is 5.41 Å². The smallest absolute Gasteiger partial charge is 0.255 e. The van der Waals surface area contributed by atoms with Crippen molar-refractivity contribution in [2.24, 2.45) is 0 Å². The number of amides is 1. The van der Waals surface area contributed by atoms with Crippen molar-refractivity contribution in [3.05, 3.63) is 82.6 Å². The number of pyridine rings is 1. The van der Waals surface area contributed by atoms with Gasteiger partial charge in [0, 0.05) is 22.5 Å². The number of carbonyl (C=O) groups is 1. The zero-order chi connectivity index (χ0) is 20.3. The summed E-state index contributed by atoms with van der Waals surface area (Å²) in [6, 6.07) is 18.9. The molecule has 0 aliphatic heterocycles. The van der Waals surface area contributed by atoms with Crippen LogP contribution in [0.25, 0.3) is 11.1 Å². The highest BCUT2D eigenvalue weighted by atomic mass is 35.5. The van der Waals surface area contributed by atoms with E-state index in [2.05, 4.69) is 16.4 Å². The number of anilines is 1. The molecule has 0 saturated carbocycles. The number of nitrogens with zero attached hydrogens (tertiary/aromatic N) is 2. The van der Waals surface area contributed by atoms with E-state index in [4.69, 9.17) is 11.6 Å². The lowest BCUT2D eigenvalue weighted by Crippen LogP contribution is -2.18. The van der Waals surface area contributed by atoms with Crippen molar-refractivity contribution < 1.29 is 4.79 Å². The van der Waals surface area contributed by atoms with Gasteiger partial charge in [-0.1, -0.05) is 29.8 Å². The summed E-state index contributed by atoms with van der Waals surface area (Å²) >= 11 is 6.12. The van der Waals surface area contributed by atoms with Crippen LogP contribution >= 0.6 is 11.6 Å². The van der Waals surface area contributed by atoms with Gasteiger partial charge in [0.2, 0.25) is 0 Å². The van der Waals surface area contributed by atoms with Gasteiger partial charge in [-0.15, -0.1) is 0 Å². The first-order chi connectivity index (χ1) is 13.3. The Kier molecular flexibility index (Phi) is 5.48. The van der Waals surface area contributed by atoms with E-state index in [0.717, 1.165) is 16.7 Å². The average Bonchev–Trinajstić information content (AvgIpc) is 2.69. The van der Waals surface area contributed by atoms with Crippen molar-refractivity contribution in [1.82, 2.24) is 4.98 Å². The molecule has 1 aromatic heterocycles. The number of hydrogen-bond acceptors (Lipinski definition) is 3. The molecule has 0 bridgehead atoms. The van der Waals surface area contributed by atoms with Crippen molar-refractivity contribution in [3.8, 4) is 17.2 Å². The standard InChI is InChI=1S/C23H20ClN3O/c1-15-7-8-19(13-20(15)16-5-4-6-18(24)11-16)27-22(28)17-9-10-26-21(12-17)23(2,3)14-25/h4-13H,1-3H3,(H,27,28). The fourth-order valence-electron chi connectivity index (χ4n) is 2.84. The Morgan fingerprint density at radius 1 is 1.14 bits per heavy atom. The van der Waals surface area contributed by atoms with E-state index in [0.29, 0.717) is 22.0 Å². The van der Waals surface area contributed by atoms with Gasteiger partial charge in [0.1, 0.15) is 0 Å². The molecule has 0 unspecified atom stereocenters. The van der Waals surface area contributed by atoms with E-state index in [1.54, 1.807) is 32.2 Å². The summed E-state index contributed by atoms with van der Waals surface area (Å²) in [6.07, 6.45) is 1.55. The lowest BCUT2D eigenvalue weighted by Gasteiger charge is -2.15. The van der Waals surface area contributed by atoms with Crippen LogP contribution < -0.4 is 5.32 Å². The molecule has 4 nitrogen and oxygen atoms in total. The Balaban J connectivity index is 1.89. The van der Waals surface area contributed by atoms with Crippen LogP contribution in [0.1, 0.15) is 35.5 Å². The third-order valence-electron chi connectivity index (χ3n) is 4.57. The maximum Gasteiger partial charge on any atom is 0.255 e. The van der Waals surface area contributed by atoms with Crippen molar-refractivity contribution in [2.75, 3.05) is 5.32 Å². The van der Waals surface area contributed by atoms with E-state index in [1.807, 2.05) is 49.4 Å². The van der Waals surface area contributed by atoms with Gasteiger partial charge in [-0.2, -0.15) is 5.26 Å². The first-order valence-corrected chi connectivity index (χ1v) is 9.24.